The molecule has 1 aliphatic rings. The van der Waals surface area contributed by atoms with Crippen molar-refractivity contribution in [3.63, 3.8) is 0 Å². The van der Waals surface area contributed by atoms with E-state index in [0.29, 0.717) is 23.7 Å². The molecule has 74 valence electrons. The summed E-state index contributed by atoms with van der Waals surface area (Å²) in [6, 6.07) is 5.33. The maximum atomic E-state index is 11.5. The second-order valence-electron chi connectivity index (χ2n) is 3.42. The Labute approximate surface area is 82.1 Å². The molecule has 1 heterocycles. The van der Waals surface area contributed by atoms with Crippen molar-refractivity contribution in [1.29, 1.82) is 0 Å². The monoisotopic (exact) mass is 192 g/mol. The van der Waals surface area contributed by atoms with Gasteiger partial charge in [-0.15, -0.1) is 0 Å². The van der Waals surface area contributed by atoms with Gasteiger partial charge in [0.05, 0.1) is 18.2 Å². The largest absolute Gasteiger partial charge is 0.491 e. The lowest BCUT2D eigenvalue weighted by Gasteiger charge is -2.08. The number of hydrogen-bond acceptors (Lipinski definition) is 3. The standard InChI is InChI=1S/C10H12N2O2/c1-6-5-14-8-4-2-3-7(11)9(8)12-10(6)13/h2-4,6H,5,11H2,1H3,(H,12,13). The minimum atomic E-state index is -0.151. The van der Waals surface area contributed by atoms with Gasteiger partial charge in [0.25, 0.3) is 0 Å². The van der Waals surface area contributed by atoms with Crippen LogP contribution in [0.3, 0.4) is 0 Å². The summed E-state index contributed by atoms with van der Waals surface area (Å²) < 4.78 is 5.45. The van der Waals surface area contributed by atoms with Gasteiger partial charge in [-0.25, -0.2) is 0 Å². The van der Waals surface area contributed by atoms with Crippen LogP contribution >= 0.6 is 0 Å². The van der Waals surface area contributed by atoms with Crippen molar-refractivity contribution in [1.82, 2.24) is 0 Å². The van der Waals surface area contributed by atoms with Crippen LogP contribution < -0.4 is 15.8 Å². The first-order chi connectivity index (χ1) is 6.68. The SMILES string of the molecule is CC1COc2cccc(N)c2NC1=O. The zero-order valence-electron chi connectivity index (χ0n) is 7.91. The van der Waals surface area contributed by atoms with Crippen molar-refractivity contribution in [2.24, 2.45) is 5.92 Å². The molecule has 2 rings (SSSR count). The Morgan fingerprint density at radius 2 is 2.36 bits per heavy atom. The number of para-hydroxylation sites is 1. The van der Waals surface area contributed by atoms with Gasteiger partial charge in [0.1, 0.15) is 11.4 Å². The van der Waals surface area contributed by atoms with Crippen LogP contribution in [0.25, 0.3) is 0 Å². The van der Waals surface area contributed by atoms with Crippen LogP contribution in [0.2, 0.25) is 0 Å². The van der Waals surface area contributed by atoms with E-state index >= 15 is 0 Å². The maximum absolute atomic E-state index is 11.5. The minimum absolute atomic E-state index is 0.0540. The molecule has 14 heavy (non-hydrogen) atoms. The van der Waals surface area contributed by atoms with E-state index in [1.165, 1.54) is 0 Å². The van der Waals surface area contributed by atoms with E-state index in [0.717, 1.165) is 0 Å². The smallest absolute Gasteiger partial charge is 0.230 e. The van der Waals surface area contributed by atoms with Crippen molar-refractivity contribution >= 4 is 17.3 Å². The average Bonchev–Trinajstić information content (AvgIpc) is 2.30. The van der Waals surface area contributed by atoms with Gasteiger partial charge in [-0.3, -0.25) is 4.79 Å². The fourth-order valence-electron chi connectivity index (χ4n) is 1.34. The number of anilines is 2. The normalized spacial score (nSPS) is 20.4. The second kappa shape index (κ2) is 3.21. The topological polar surface area (TPSA) is 64.3 Å². The number of nitrogens with two attached hydrogens (primary N) is 1. The van der Waals surface area contributed by atoms with E-state index in [9.17, 15) is 4.79 Å². The number of ether oxygens (including phenoxy) is 1. The van der Waals surface area contributed by atoms with Crippen molar-refractivity contribution in [3.05, 3.63) is 18.2 Å². The molecule has 3 N–H and O–H groups in total. The number of carbonyl (C=O) groups is 1. The zero-order chi connectivity index (χ0) is 10.1. The molecule has 0 radical (unpaired) electrons. The lowest BCUT2D eigenvalue weighted by molar-refractivity contribution is -0.119. The molecule has 0 aliphatic carbocycles. The summed E-state index contributed by atoms with van der Waals surface area (Å²) in [5.74, 6) is 0.436. The van der Waals surface area contributed by atoms with Gasteiger partial charge in [-0.05, 0) is 12.1 Å². The van der Waals surface area contributed by atoms with E-state index in [2.05, 4.69) is 5.32 Å². The van der Waals surface area contributed by atoms with Gasteiger partial charge < -0.3 is 15.8 Å². The van der Waals surface area contributed by atoms with Crippen molar-refractivity contribution < 1.29 is 9.53 Å². The molecule has 1 atom stereocenters. The molecule has 4 heteroatoms. The quantitative estimate of drug-likeness (QED) is 0.608. The van der Waals surface area contributed by atoms with Crippen LogP contribution in [0.15, 0.2) is 18.2 Å². The molecule has 0 saturated heterocycles. The van der Waals surface area contributed by atoms with Gasteiger partial charge in [-0.1, -0.05) is 13.0 Å². The van der Waals surface area contributed by atoms with Crippen LogP contribution in [0.4, 0.5) is 11.4 Å². The fourth-order valence-corrected chi connectivity index (χ4v) is 1.34. The number of nitrogens with one attached hydrogen (secondary N) is 1. The Morgan fingerprint density at radius 1 is 1.57 bits per heavy atom. The van der Waals surface area contributed by atoms with Crippen LogP contribution in [0.5, 0.6) is 5.75 Å². The summed E-state index contributed by atoms with van der Waals surface area (Å²) in [4.78, 5) is 11.5. The Bertz CT molecular complexity index is 376. The predicted octanol–water partition coefficient (Wildman–Crippen LogP) is 1.24. The first-order valence-electron chi connectivity index (χ1n) is 4.50. The van der Waals surface area contributed by atoms with E-state index in [4.69, 9.17) is 10.5 Å². The number of fused-ring (bicyclic) bond motifs is 1. The summed E-state index contributed by atoms with van der Waals surface area (Å²) in [6.45, 7) is 2.21. The third kappa shape index (κ3) is 1.39. The molecule has 0 saturated carbocycles. The van der Waals surface area contributed by atoms with E-state index in [-0.39, 0.29) is 11.8 Å². The molecule has 4 nitrogen and oxygen atoms in total. The molecule has 1 aromatic rings. The number of amides is 1. The Hall–Kier alpha value is -1.71. The Morgan fingerprint density at radius 3 is 3.14 bits per heavy atom. The van der Waals surface area contributed by atoms with Crippen LogP contribution in [-0.4, -0.2) is 12.5 Å². The number of benzene rings is 1. The van der Waals surface area contributed by atoms with Gasteiger partial charge in [0, 0.05) is 0 Å². The van der Waals surface area contributed by atoms with E-state index < -0.39 is 0 Å². The molecule has 0 spiro atoms. The summed E-state index contributed by atoms with van der Waals surface area (Å²) in [5, 5.41) is 2.75. The van der Waals surface area contributed by atoms with E-state index in [1.807, 2.05) is 6.92 Å². The lowest BCUT2D eigenvalue weighted by atomic mass is 10.2. The van der Waals surface area contributed by atoms with Crippen LogP contribution in [0, 0.1) is 5.92 Å². The highest BCUT2D eigenvalue weighted by atomic mass is 16.5. The first-order valence-corrected chi connectivity index (χ1v) is 4.50. The molecule has 1 aromatic carbocycles. The maximum Gasteiger partial charge on any atom is 0.230 e. The number of carbonyl (C=O) groups excluding carboxylic acids is 1. The molecule has 1 aliphatic heterocycles. The summed E-state index contributed by atoms with van der Waals surface area (Å²) in [7, 11) is 0. The highest BCUT2D eigenvalue weighted by molar-refractivity contribution is 5.97. The van der Waals surface area contributed by atoms with Crippen molar-refractivity contribution in [2.45, 2.75) is 6.92 Å². The number of nitrogen functional groups attached to an aromatic ring is 1. The zero-order valence-corrected chi connectivity index (χ0v) is 7.91. The van der Waals surface area contributed by atoms with Gasteiger partial charge in [-0.2, -0.15) is 0 Å². The third-order valence-corrected chi connectivity index (χ3v) is 2.24. The molecular formula is C10H12N2O2. The van der Waals surface area contributed by atoms with Crippen molar-refractivity contribution in [2.75, 3.05) is 17.7 Å². The molecule has 0 bridgehead atoms. The third-order valence-electron chi connectivity index (χ3n) is 2.24. The minimum Gasteiger partial charge on any atom is -0.491 e. The van der Waals surface area contributed by atoms with Gasteiger partial charge in [0.15, 0.2) is 0 Å². The predicted molar refractivity (Wildman–Crippen MR) is 54.1 cm³/mol. The summed E-state index contributed by atoms with van der Waals surface area (Å²) in [5.41, 5.74) is 6.84. The van der Waals surface area contributed by atoms with Gasteiger partial charge in [0.2, 0.25) is 5.91 Å². The lowest BCUT2D eigenvalue weighted by Crippen LogP contribution is -2.22. The van der Waals surface area contributed by atoms with Crippen molar-refractivity contribution in [3.8, 4) is 5.75 Å². The highest BCUT2D eigenvalue weighted by Crippen LogP contribution is 2.32. The molecule has 1 amide bonds. The Balaban J connectivity index is 2.43. The average molecular weight is 192 g/mol. The molecular weight excluding hydrogens is 180 g/mol. The number of hydrogen-bond donors (Lipinski definition) is 2. The van der Waals surface area contributed by atoms with Crippen LogP contribution in [0.1, 0.15) is 6.92 Å². The molecule has 1 unspecified atom stereocenters. The number of rotatable bonds is 0. The second-order valence-corrected chi connectivity index (χ2v) is 3.42. The van der Waals surface area contributed by atoms with Crippen LogP contribution in [-0.2, 0) is 4.79 Å². The molecule has 0 aromatic heterocycles. The molecule has 0 fully saturated rings. The fraction of sp³-hybridized carbons (Fsp3) is 0.300. The van der Waals surface area contributed by atoms with Gasteiger partial charge >= 0.3 is 0 Å². The first kappa shape index (κ1) is 8.87. The summed E-state index contributed by atoms with van der Waals surface area (Å²) in [6.07, 6.45) is 0. The Kier molecular flexibility index (Phi) is 2.04. The van der Waals surface area contributed by atoms with E-state index in [1.54, 1.807) is 18.2 Å². The summed E-state index contributed by atoms with van der Waals surface area (Å²) >= 11 is 0. The highest BCUT2D eigenvalue weighted by Gasteiger charge is 2.21.